The van der Waals surface area contributed by atoms with Gasteiger partial charge in [-0.3, -0.25) is 4.98 Å². The molecule has 33 heavy (non-hydrogen) atoms. The summed E-state index contributed by atoms with van der Waals surface area (Å²) in [5, 5.41) is 4.08. The summed E-state index contributed by atoms with van der Waals surface area (Å²) in [5.41, 5.74) is 2.79. The fourth-order valence-corrected chi connectivity index (χ4v) is 4.65. The van der Waals surface area contributed by atoms with Gasteiger partial charge in [0.25, 0.3) is 0 Å². The van der Waals surface area contributed by atoms with Gasteiger partial charge in [-0.05, 0) is 60.7 Å². The molecular weight excluding hydrogens is 436 g/mol. The molecule has 168 valence electrons. The zero-order chi connectivity index (χ0) is 22.8. The van der Waals surface area contributed by atoms with Crippen LogP contribution in [0.5, 0.6) is 11.5 Å². The van der Waals surface area contributed by atoms with E-state index >= 15 is 0 Å². The van der Waals surface area contributed by atoms with Gasteiger partial charge in [0, 0.05) is 24.2 Å². The number of benzene rings is 1. The van der Waals surface area contributed by atoms with E-state index < -0.39 is 0 Å². The summed E-state index contributed by atoms with van der Waals surface area (Å²) in [6.45, 7) is 0.608. The lowest BCUT2D eigenvalue weighted by atomic mass is 10.0. The van der Waals surface area contributed by atoms with Crippen LogP contribution in [0.15, 0.2) is 83.7 Å². The minimum atomic E-state index is -0.182. The van der Waals surface area contributed by atoms with Gasteiger partial charge >= 0.3 is 0 Å². The molecule has 2 atom stereocenters. The molecule has 0 saturated carbocycles. The van der Waals surface area contributed by atoms with Crippen molar-refractivity contribution in [3.05, 3.63) is 96.5 Å². The molecule has 0 radical (unpaired) electrons. The Morgan fingerprint density at radius 1 is 1.06 bits per heavy atom. The van der Waals surface area contributed by atoms with Crippen molar-refractivity contribution in [3.8, 4) is 11.5 Å². The average molecular weight is 461 g/mol. The van der Waals surface area contributed by atoms with Crippen LogP contribution >= 0.6 is 12.2 Å². The first-order valence-corrected chi connectivity index (χ1v) is 11.0. The smallest absolute Gasteiger partial charge is 0.174 e. The number of aromatic nitrogens is 2. The molecule has 8 heteroatoms. The molecular formula is C25H24N4O3S. The Bertz CT molecular complexity index is 1240. The highest BCUT2D eigenvalue weighted by Gasteiger charge is 2.43. The molecule has 7 nitrogen and oxygen atoms in total. The third kappa shape index (κ3) is 3.93. The summed E-state index contributed by atoms with van der Waals surface area (Å²) in [7, 11) is 3.30. The molecule has 0 amide bonds. The van der Waals surface area contributed by atoms with E-state index in [1.807, 2.05) is 54.6 Å². The minimum Gasteiger partial charge on any atom is -0.497 e. The lowest BCUT2D eigenvalue weighted by molar-refractivity contribution is 0.402. The summed E-state index contributed by atoms with van der Waals surface area (Å²) in [5.74, 6) is 2.30. The molecule has 1 aliphatic heterocycles. The van der Waals surface area contributed by atoms with Crippen molar-refractivity contribution in [1.82, 2.24) is 14.9 Å². The van der Waals surface area contributed by atoms with Crippen molar-refractivity contribution in [1.29, 1.82) is 0 Å². The van der Waals surface area contributed by atoms with Crippen molar-refractivity contribution in [3.63, 3.8) is 0 Å². The molecule has 5 rings (SSSR count). The Balaban J connectivity index is 1.65. The molecule has 0 unspecified atom stereocenters. The molecule has 1 saturated heterocycles. The summed E-state index contributed by atoms with van der Waals surface area (Å²) in [6.07, 6.45) is 5.54. The molecule has 1 fully saturated rings. The summed E-state index contributed by atoms with van der Waals surface area (Å²) >= 11 is 5.86. The molecule has 0 aliphatic carbocycles. The molecule has 3 aromatic heterocycles. The van der Waals surface area contributed by atoms with Gasteiger partial charge in [-0.1, -0.05) is 6.07 Å². The van der Waals surface area contributed by atoms with Crippen LogP contribution in [0.1, 0.15) is 29.2 Å². The predicted molar refractivity (Wildman–Crippen MR) is 130 cm³/mol. The molecule has 4 heterocycles. The van der Waals surface area contributed by atoms with Crippen LogP contribution < -0.4 is 19.7 Å². The molecule has 4 aromatic rings. The van der Waals surface area contributed by atoms with Crippen LogP contribution in [-0.4, -0.2) is 28.9 Å². The van der Waals surface area contributed by atoms with Gasteiger partial charge in [-0.15, -0.1) is 0 Å². The Hall–Kier alpha value is -3.78. The molecule has 1 N–H and O–H groups in total. The van der Waals surface area contributed by atoms with Gasteiger partial charge in [0.15, 0.2) is 5.11 Å². The lowest BCUT2D eigenvalue weighted by Crippen LogP contribution is -2.30. The fraction of sp³-hybridized carbons (Fsp3) is 0.200. The highest BCUT2D eigenvalue weighted by Crippen LogP contribution is 2.45. The van der Waals surface area contributed by atoms with Crippen LogP contribution in [0.2, 0.25) is 0 Å². The van der Waals surface area contributed by atoms with Gasteiger partial charge in [-0.2, -0.15) is 0 Å². The first kappa shape index (κ1) is 21.1. The second kappa shape index (κ2) is 8.99. The monoisotopic (exact) mass is 460 g/mol. The van der Waals surface area contributed by atoms with Gasteiger partial charge in [0.1, 0.15) is 23.3 Å². The third-order valence-electron chi connectivity index (χ3n) is 5.82. The van der Waals surface area contributed by atoms with Gasteiger partial charge in [0.05, 0.1) is 44.5 Å². The summed E-state index contributed by atoms with van der Waals surface area (Å²) in [4.78, 5) is 6.72. The summed E-state index contributed by atoms with van der Waals surface area (Å²) in [6, 6.07) is 19.3. The maximum atomic E-state index is 5.86. The van der Waals surface area contributed by atoms with Crippen LogP contribution in [0.3, 0.4) is 0 Å². The number of methoxy groups -OCH3 is 2. The number of pyridine rings is 1. The predicted octanol–water partition coefficient (Wildman–Crippen LogP) is 4.72. The largest absolute Gasteiger partial charge is 0.497 e. The lowest BCUT2D eigenvalue weighted by Gasteiger charge is -2.30. The van der Waals surface area contributed by atoms with Crippen molar-refractivity contribution >= 4 is 23.0 Å². The van der Waals surface area contributed by atoms with Crippen molar-refractivity contribution in [2.45, 2.75) is 18.6 Å². The number of ether oxygens (including phenoxy) is 2. The standard InChI is InChI=1S/C25H24N4O3S/c1-30-17-10-11-22(31-2)21(15-17)29-24(23(27-25(29)33)19-8-3-4-12-26-19)20-9-5-13-28(20)16-18-7-6-14-32-18/h3-15,23-24H,16H2,1-2H3,(H,27,33)/t23-,24+/m0/s1. The number of nitrogens with one attached hydrogen (secondary N) is 1. The number of furan rings is 1. The van der Waals surface area contributed by atoms with Gasteiger partial charge in [-0.25, -0.2) is 0 Å². The molecule has 0 spiro atoms. The molecule has 1 aromatic carbocycles. The van der Waals surface area contributed by atoms with Crippen LogP contribution in [-0.2, 0) is 6.54 Å². The van der Waals surface area contributed by atoms with E-state index in [0.717, 1.165) is 28.6 Å². The van der Waals surface area contributed by atoms with Crippen LogP contribution in [0.25, 0.3) is 0 Å². The second-order valence-corrected chi connectivity index (χ2v) is 8.06. The van der Waals surface area contributed by atoms with E-state index in [2.05, 4.69) is 32.0 Å². The van der Waals surface area contributed by atoms with Crippen molar-refractivity contribution in [2.24, 2.45) is 0 Å². The Morgan fingerprint density at radius 2 is 1.97 bits per heavy atom. The van der Waals surface area contributed by atoms with E-state index in [1.54, 1.807) is 26.7 Å². The highest BCUT2D eigenvalue weighted by atomic mass is 32.1. The zero-order valence-electron chi connectivity index (χ0n) is 18.3. The number of nitrogens with zero attached hydrogens (tertiary/aromatic N) is 3. The van der Waals surface area contributed by atoms with Gasteiger partial charge in [0.2, 0.25) is 0 Å². The minimum absolute atomic E-state index is 0.167. The Kier molecular flexibility index (Phi) is 5.75. The van der Waals surface area contributed by atoms with E-state index in [-0.39, 0.29) is 12.1 Å². The molecule has 1 aliphatic rings. The van der Waals surface area contributed by atoms with Crippen LogP contribution in [0, 0.1) is 0 Å². The number of anilines is 1. The van der Waals surface area contributed by atoms with E-state index in [1.165, 1.54) is 0 Å². The topological polar surface area (TPSA) is 64.7 Å². The maximum Gasteiger partial charge on any atom is 0.174 e. The number of hydrogen-bond acceptors (Lipinski definition) is 5. The Labute approximate surface area is 197 Å². The first-order chi connectivity index (χ1) is 16.2. The quantitative estimate of drug-likeness (QED) is 0.401. The van der Waals surface area contributed by atoms with Crippen LogP contribution in [0.4, 0.5) is 5.69 Å². The number of thiocarbonyl (C=S) groups is 1. The van der Waals surface area contributed by atoms with Gasteiger partial charge < -0.3 is 28.7 Å². The second-order valence-electron chi connectivity index (χ2n) is 7.67. The number of rotatable bonds is 7. The SMILES string of the molecule is COc1ccc(OC)c(N2C(=S)N[C@@H](c3ccccn3)[C@H]2c2cccn2Cc2ccco2)c1. The summed E-state index contributed by atoms with van der Waals surface area (Å²) < 4.78 is 19.0. The maximum absolute atomic E-state index is 5.86. The fourth-order valence-electron chi connectivity index (χ4n) is 4.31. The van der Waals surface area contributed by atoms with Crippen molar-refractivity contribution < 1.29 is 13.9 Å². The highest BCUT2D eigenvalue weighted by molar-refractivity contribution is 7.80. The molecule has 0 bridgehead atoms. The van der Waals surface area contributed by atoms with Crippen molar-refractivity contribution in [2.75, 3.05) is 19.1 Å². The number of hydrogen-bond donors (Lipinski definition) is 1. The normalized spacial score (nSPS) is 17.8. The zero-order valence-corrected chi connectivity index (χ0v) is 19.2. The van der Waals surface area contributed by atoms with E-state index in [4.69, 9.17) is 26.1 Å². The van der Waals surface area contributed by atoms with E-state index in [9.17, 15) is 0 Å². The average Bonchev–Trinajstić information content (AvgIpc) is 3.60. The van der Waals surface area contributed by atoms with E-state index in [0.29, 0.717) is 17.4 Å². The third-order valence-corrected chi connectivity index (χ3v) is 6.13. The Morgan fingerprint density at radius 3 is 2.70 bits per heavy atom. The first-order valence-electron chi connectivity index (χ1n) is 10.6.